The van der Waals surface area contributed by atoms with Crippen LogP contribution >= 0.6 is 0 Å². The van der Waals surface area contributed by atoms with Gasteiger partial charge in [-0.15, -0.1) is 0 Å². The number of rotatable bonds is 9. The van der Waals surface area contributed by atoms with Crippen LogP contribution in [-0.2, 0) is 20.9 Å². The molecule has 7 heteroatoms. The Morgan fingerprint density at radius 3 is 2.56 bits per heavy atom. The molecule has 0 radical (unpaired) electrons. The van der Waals surface area contributed by atoms with Gasteiger partial charge in [0, 0.05) is 5.56 Å². The summed E-state index contributed by atoms with van der Waals surface area (Å²) in [7, 11) is 1.31. The molecule has 0 spiro atoms. The first kappa shape index (κ1) is 23.5. The lowest BCUT2D eigenvalue weighted by atomic mass is 10.1. The average Bonchev–Trinajstić information content (AvgIpc) is 3.20. The molecule has 0 fully saturated rings. The Morgan fingerprint density at radius 2 is 1.88 bits per heavy atom. The normalized spacial score (nSPS) is 11.6. The minimum Gasteiger partial charge on any atom is -0.493 e. The Bertz CT molecular complexity index is 1080. The molecular weight excluding hydrogens is 411 g/mol. The molecule has 0 aliphatic rings. The van der Waals surface area contributed by atoms with Crippen LogP contribution < -0.4 is 4.74 Å². The number of carbonyl (C=O) groups excluding carboxylic acids is 1. The fourth-order valence-electron chi connectivity index (χ4n) is 3.08. The highest BCUT2D eigenvalue weighted by Gasteiger charge is 2.30. The van der Waals surface area contributed by atoms with Crippen molar-refractivity contribution in [3.8, 4) is 22.7 Å². The van der Waals surface area contributed by atoms with Crippen molar-refractivity contribution in [2.24, 2.45) is 5.92 Å². The molecule has 0 bridgehead atoms. The number of halogens is 1. The quantitative estimate of drug-likeness (QED) is 0.429. The van der Waals surface area contributed by atoms with Crippen molar-refractivity contribution >= 4 is 5.97 Å². The number of nitrogens with zero attached hydrogens (tertiary/aromatic N) is 2. The van der Waals surface area contributed by atoms with Crippen LogP contribution in [0.5, 0.6) is 5.75 Å². The maximum atomic E-state index is 14.6. The summed E-state index contributed by atoms with van der Waals surface area (Å²) in [4.78, 5) is 11.9. The number of hydrogen-bond donors (Lipinski definition) is 0. The molecule has 170 valence electrons. The van der Waals surface area contributed by atoms with Gasteiger partial charge in [0.05, 0.1) is 31.7 Å². The second kappa shape index (κ2) is 9.96. The van der Waals surface area contributed by atoms with Crippen LogP contribution in [0.15, 0.2) is 54.6 Å². The Hall–Kier alpha value is -3.19. The Morgan fingerprint density at radius 1 is 1.12 bits per heavy atom. The van der Waals surface area contributed by atoms with Crippen LogP contribution in [0.2, 0.25) is 0 Å². The van der Waals surface area contributed by atoms with E-state index in [4.69, 9.17) is 14.2 Å². The number of esters is 1. The molecule has 0 aliphatic carbocycles. The maximum Gasteiger partial charge on any atom is 0.337 e. The predicted octanol–water partition coefficient (Wildman–Crippen LogP) is 5.18. The maximum absolute atomic E-state index is 14.6. The molecule has 0 amide bonds. The Labute approximate surface area is 187 Å². The molecule has 0 atom stereocenters. The van der Waals surface area contributed by atoms with E-state index < -0.39 is 17.4 Å². The van der Waals surface area contributed by atoms with Crippen molar-refractivity contribution in [2.45, 2.75) is 39.9 Å². The highest BCUT2D eigenvalue weighted by molar-refractivity contribution is 5.78. The molecule has 3 aromatic rings. The third-order valence-electron chi connectivity index (χ3n) is 4.81. The van der Waals surface area contributed by atoms with Crippen LogP contribution in [0.25, 0.3) is 16.9 Å². The fourth-order valence-corrected chi connectivity index (χ4v) is 3.08. The molecular formula is C25H29FN2O4. The summed E-state index contributed by atoms with van der Waals surface area (Å²) >= 11 is 0. The van der Waals surface area contributed by atoms with Gasteiger partial charge in [0.25, 0.3) is 0 Å². The highest BCUT2D eigenvalue weighted by atomic mass is 19.1. The first-order valence-corrected chi connectivity index (χ1v) is 10.5. The van der Waals surface area contributed by atoms with Crippen LogP contribution in [0, 0.1) is 11.7 Å². The lowest BCUT2D eigenvalue weighted by Gasteiger charge is -2.21. The molecule has 0 aliphatic heterocycles. The first-order valence-electron chi connectivity index (χ1n) is 10.5. The van der Waals surface area contributed by atoms with Gasteiger partial charge in [0.15, 0.2) is 5.60 Å². The minimum absolute atomic E-state index is 0.0556. The largest absolute Gasteiger partial charge is 0.493 e. The van der Waals surface area contributed by atoms with Gasteiger partial charge in [0.1, 0.15) is 17.3 Å². The number of benzene rings is 2. The number of methoxy groups -OCH3 is 1. The van der Waals surface area contributed by atoms with E-state index in [2.05, 4.69) is 18.9 Å². The lowest BCUT2D eigenvalue weighted by molar-refractivity contribution is -0.166. The zero-order valence-electron chi connectivity index (χ0n) is 19.1. The van der Waals surface area contributed by atoms with E-state index in [0.717, 1.165) is 11.3 Å². The van der Waals surface area contributed by atoms with Crippen molar-refractivity contribution in [3.05, 3.63) is 66.1 Å². The van der Waals surface area contributed by atoms with Crippen LogP contribution in [0.4, 0.5) is 4.39 Å². The number of para-hydroxylation sites is 1. The molecule has 0 saturated carbocycles. The third kappa shape index (κ3) is 5.53. The van der Waals surface area contributed by atoms with Gasteiger partial charge in [-0.05, 0) is 50.1 Å². The molecule has 0 unspecified atom stereocenters. The van der Waals surface area contributed by atoms with Crippen molar-refractivity contribution < 1.29 is 23.4 Å². The summed E-state index contributed by atoms with van der Waals surface area (Å²) < 4.78 is 32.6. The standard InChI is InChI=1S/C25H29FN2O4/c1-17(2)15-31-20-10-8-9-18(13-20)23-14-19(16-32-25(3,4)24(29)30-5)27-28(23)22-12-7-6-11-21(22)26/h6-14,17H,15-16H2,1-5H3. The van der Waals surface area contributed by atoms with Crippen molar-refractivity contribution in [1.82, 2.24) is 9.78 Å². The smallest absolute Gasteiger partial charge is 0.337 e. The SMILES string of the molecule is COC(=O)C(C)(C)OCc1cc(-c2cccc(OCC(C)C)c2)n(-c2ccccc2F)n1. The molecule has 32 heavy (non-hydrogen) atoms. The van der Waals surface area contributed by atoms with E-state index in [0.29, 0.717) is 29.6 Å². The summed E-state index contributed by atoms with van der Waals surface area (Å²) in [5.41, 5.74) is 1.23. The number of aromatic nitrogens is 2. The van der Waals surface area contributed by atoms with Crippen LogP contribution in [0.3, 0.4) is 0 Å². The predicted molar refractivity (Wildman–Crippen MR) is 120 cm³/mol. The van der Waals surface area contributed by atoms with E-state index in [1.165, 1.54) is 13.2 Å². The number of ether oxygens (including phenoxy) is 3. The number of carbonyl (C=O) groups is 1. The Kier molecular flexibility index (Phi) is 7.30. The van der Waals surface area contributed by atoms with Crippen LogP contribution in [0.1, 0.15) is 33.4 Å². The van der Waals surface area contributed by atoms with E-state index in [1.54, 1.807) is 36.7 Å². The van der Waals surface area contributed by atoms with Gasteiger partial charge >= 0.3 is 5.97 Å². The minimum atomic E-state index is -1.14. The summed E-state index contributed by atoms with van der Waals surface area (Å²) in [6.45, 7) is 8.07. The molecule has 6 nitrogen and oxygen atoms in total. The van der Waals surface area contributed by atoms with Gasteiger partial charge < -0.3 is 14.2 Å². The van der Waals surface area contributed by atoms with E-state index >= 15 is 0 Å². The molecule has 1 heterocycles. The first-order chi connectivity index (χ1) is 15.2. The monoisotopic (exact) mass is 440 g/mol. The fraction of sp³-hybridized carbons (Fsp3) is 0.360. The van der Waals surface area contributed by atoms with Gasteiger partial charge in [-0.2, -0.15) is 5.10 Å². The topological polar surface area (TPSA) is 62.6 Å². The highest BCUT2D eigenvalue weighted by Crippen LogP contribution is 2.29. The molecule has 0 saturated heterocycles. The summed E-state index contributed by atoms with van der Waals surface area (Å²) in [5, 5.41) is 4.57. The van der Waals surface area contributed by atoms with E-state index in [9.17, 15) is 9.18 Å². The summed E-state index contributed by atoms with van der Waals surface area (Å²) in [6, 6.07) is 15.8. The average molecular weight is 441 g/mol. The van der Waals surface area contributed by atoms with E-state index in [-0.39, 0.29) is 6.61 Å². The molecule has 0 N–H and O–H groups in total. The second-order valence-corrected chi connectivity index (χ2v) is 8.41. The van der Waals surface area contributed by atoms with Crippen molar-refractivity contribution in [3.63, 3.8) is 0 Å². The summed E-state index contributed by atoms with van der Waals surface area (Å²) in [5.74, 6) is 0.235. The lowest BCUT2D eigenvalue weighted by Crippen LogP contribution is -2.35. The Balaban J connectivity index is 1.98. The number of hydrogen-bond acceptors (Lipinski definition) is 5. The molecule has 2 aromatic carbocycles. The van der Waals surface area contributed by atoms with Crippen molar-refractivity contribution in [1.29, 1.82) is 0 Å². The van der Waals surface area contributed by atoms with Gasteiger partial charge in [0.2, 0.25) is 0 Å². The molecule has 3 rings (SSSR count). The van der Waals surface area contributed by atoms with E-state index in [1.807, 2.05) is 30.3 Å². The third-order valence-corrected chi connectivity index (χ3v) is 4.81. The zero-order chi connectivity index (χ0) is 23.3. The zero-order valence-corrected chi connectivity index (χ0v) is 19.1. The van der Waals surface area contributed by atoms with Gasteiger partial charge in [-0.1, -0.05) is 38.1 Å². The molecule has 1 aromatic heterocycles. The van der Waals surface area contributed by atoms with Crippen LogP contribution in [-0.4, -0.2) is 35.1 Å². The summed E-state index contributed by atoms with van der Waals surface area (Å²) in [6.07, 6.45) is 0. The van der Waals surface area contributed by atoms with Gasteiger partial charge in [-0.25, -0.2) is 13.9 Å². The second-order valence-electron chi connectivity index (χ2n) is 8.41. The van der Waals surface area contributed by atoms with Gasteiger partial charge in [-0.3, -0.25) is 0 Å². The van der Waals surface area contributed by atoms with Crippen molar-refractivity contribution in [2.75, 3.05) is 13.7 Å².